The largest absolute Gasteiger partial charge is 0.481 e. The SMILES string of the molecule is O=C(O)CC1CCN(C2CCCC2)CC1. The second-order valence-electron chi connectivity index (χ2n) is 5.02. The Balaban J connectivity index is 1.73. The Hall–Kier alpha value is -0.570. The fourth-order valence-electron chi connectivity index (χ4n) is 3.04. The van der Waals surface area contributed by atoms with Crippen LogP contribution in [-0.4, -0.2) is 35.1 Å². The van der Waals surface area contributed by atoms with Gasteiger partial charge in [-0.2, -0.15) is 0 Å². The molecule has 0 aromatic rings. The molecule has 1 saturated heterocycles. The lowest BCUT2D eigenvalue weighted by Crippen LogP contribution is -2.40. The molecule has 1 aliphatic carbocycles. The highest BCUT2D eigenvalue weighted by Crippen LogP contribution is 2.28. The molecule has 0 bridgehead atoms. The molecule has 0 atom stereocenters. The van der Waals surface area contributed by atoms with Crippen molar-refractivity contribution in [1.29, 1.82) is 0 Å². The molecular formula is C12H21NO2. The fourth-order valence-corrected chi connectivity index (χ4v) is 3.04. The third-order valence-electron chi connectivity index (χ3n) is 3.95. The van der Waals surface area contributed by atoms with Crippen LogP contribution in [0.5, 0.6) is 0 Å². The monoisotopic (exact) mass is 211 g/mol. The number of hydrogen-bond donors (Lipinski definition) is 1. The average molecular weight is 211 g/mol. The summed E-state index contributed by atoms with van der Waals surface area (Å²) in [6.45, 7) is 2.26. The molecule has 1 saturated carbocycles. The van der Waals surface area contributed by atoms with Crippen LogP contribution in [-0.2, 0) is 4.79 Å². The molecular weight excluding hydrogens is 190 g/mol. The summed E-state index contributed by atoms with van der Waals surface area (Å²) in [7, 11) is 0. The predicted octanol–water partition coefficient (Wildman–Crippen LogP) is 2.12. The van der Waals surface area contributed by atoms with Crippen molar-refractivity contribution in [3.63, 3.8) is 0 Å². The molecule has 0 amide bonds. The van der Waals surface area contributed by atoms with E-state index in [0.717, 1.165) is 32.0 Å². The van der Waals surface area contributed by atoms with Gasteiger partial charge in [0.1, 0.15) is 0 Å². The van der Waals surface area contributed by atoms with Gasteiger partial charge in [-0.15, -0.1) is 0 Å². The van der Waals surface area contributed by atoms with Gasteiger partial charge in [-0.25, -0.2) is 0 Å². The second kappa shape index (κ2) is 4.97. The summed E-state index contributed by atoms with van der Waals surface area (Å²) in [4.78, 5) is 13.2. The maximum absolute atomic E-state index is 10.6. The number of carbonyl (C=O) groups is 1. The summed E-state index contributed by atoms with van der Waals surface area (Å²) in [5.41, 5.74) is 0. The molecule has 3 nitrogen and oxygen atoms in total. The highest BCUT2D eigenvalue weighted by Gasteiger charge is 2.27. The molecule has 0 aromatic heterocycles. The Labute approximate surface area is 91.5 Å². The van der Waals surface area contributed by atoms with Gasteiger partial charge in [0.15, 0.2) is 0 Å². The Morgan fingerprint density at radius 3 is 2.27 bits per heavy atom. The van der Waals surface area contributed by atoms with Gasteiger partial charge < -0.3 is 10.0 Å². The van der Waals surface area contributed by atoms with Crippen molar-refractivity contribution in [3.05, 3.63) is 0 Å². The number of carboxylic acid groups (broad SMARTS) is 1. The van der Waals surface area contributed by atoms with Crippen LogP contribution in [0.3, 0.4) is 0 Å². The molecule has 0 spiro atoms. The van der Waals surface area contributed by atoms with Gasteiger partial charge in [0.2, 0.25) is 0 Å². The van der Waals surface area contributed by atoms with Crippen molar-refractivity contribution < 1.29 is 9.90 Å². The molecule has 3 heteroatoms. The summed E-state index contributed by atoms with van der Waals surface area (Å²) in [6.07, 6.45) is 8.05. The Morgan fingerprint density at radius 2 is 1.73 bits per heavy atom. The van der Waals surface area contributed by atoms with E-state index in [1.807, 2.05) is 0 Å². The molecule has 1 N–H and O–H groups in total. The number of piperidine rings is 1. The summed E-state index contributed by atoms with van der Waals surface area (Å²) < 4.78 is 0. The molecule has 2 rings (SSSR count). The van der Waals surface area contributed by atoms with Crippen molar-refractivity contribution in [2.24, 2.45) is 5.92 Å². The fraction of sp³-hybridized carbons (Fsp3) is 0.917. The van der Waals surface area contributed by atoms with Crippen LogP contribution in [0.1, 0.15) is 44.9 Å². The first-order valence-electron chi connectivity index (χ1n) is 6.21. The molecule has 0 unspecified atom stereocenters. The minimum absolute atomic E-state index is 0.374. The first-order chi connectivity index (χ1) is 7.25. The average Bonchev–Trinajstić information content (AvgIpc) is 2.71. The molecule has 15 heavy (non-hydrogen) atoms. The third kappa shape index (κ3) is 2.94. The van der Waals surface area contributed by atoms with E-state index < -0.39 is 5.97 Å². The highest BCUT2D eigenvalue weighted by atomic mass is 16.4. The molecule has 86 valence electrons. The minimum atomic E-state index is -0.630. The Morgan fingerprint density at radius 1 is 1.13 bits per heavy atom. The number of aliphatic carboxylic acids is 1. The van der Waals surface area contributed by atoms with Crippen molar-refractivity contribution in [2.75, 3.05) is 13.1 Å². The lowest BCUT2D eigenvalue weighted by molar-refractivity contribution is -0.138. The van der Waals surface area contributed by atoms with Gasteiger partial charge in [-0.1, -0.05) is 12.8 Å². The summed E-state index contributed by atoms with van der Waals surface area (Å²) >= 11 is 0. The molecule has 2 fully saturated rings. The zero-order valence-corrected chi connectivity index (χ0v) is 9.32. The zero-order valence-electron chi connectivity index (χ0n) is 9.32. The van der Waals surface area contributed by atoms with Gasteiger partial charge in [0, 0.05) is 12.5 Å². The van der Waals surface area contributed by atoms with Crippen LogP contribution in [0.4, 0.5) is 0 Å². The van der Waals surface area contributed by atoms with E-state index >= 15 is 0 Å². The van der Waals surface area contributed by atoms with E-state index in [0.29, 0.717) is 12.3 Å². The predicted molar refractivity (Wildman–Crippen MR) is 58.8 cm³/mol. The summed E-state index contributed by atoms with van der Waals surface area (Å²) in [5.74, 6) is -0.200. The number of nitrogens with zero attached hydrogens (tertiary/aromatic N) is 1. The van der Waals surface area contributed by atoms with Crippen LogP contribution in [0.25, 0.3) is 0 Å². The van der Waals surface area contributed by atoms with Crippen LogP contribution >= 0.6 is 0 Å². The van der Waals surface area contributed by atoms with Gasteiger partial charge in [-0.05, 0) is 44.7 Å². The van der Waals surface area contributed by atoms with Gasteiger partial charge in [-0.3, -0.25) is 4.79 Å². The number of carboxylic acids is 1. The van der Waals surface area contributed by atoms with E-state index in [9.17, 15) is 4.79 Å². The molecule has 2 aliphatic rings. The molecule has 0 aromatic carbocycles. The maximum atomic E-state index is 10.6. The highest BCUT2D eigenvalue weighted by molar-refractivity contribution is 5.67. The molecule has 1 aliphatic heterocycles. The Bertz CT molecular complexity index is 216. The van der Waals surface area contributed by atoms with Gasteiger partial charge >= 0.3 is 5.97 Å². The lowest BCUT2D eigenvalue weighted by atomic mass is 9.92. The first-order valence-corrected chi connectivity index (χ1v) is 6.21. The van der Waals surface area contributed by atoms with E-state index in [2.05, 4.69) is 4.90 Å². The van der Waals surface area contributed by atoms with E-state index in [1.54, 1.807) is 0 Å². The maximum Gasteiger partial charge on any atom is 0.303 e. The standard InChI is InChI=1S/C12H21NO2/c14-12(15)9-10-5-7-13(8-6-10)11-3-1-2-4-11/h10-11H,1-9H2,(H,14,15). The lowest BCUT2D eigenvalue weighted by Gasteiger charge is -2.35. The topological polar surface area (TPSA) is 40.5 Å². The van der Waals surface area contributed by atoms with Crippen LogP contribution in [0.2, 0.25) is 0 Å². The van der Waals surface area contributed by atoms with Crippen molar-refractivity contribution in [2.45, 2.75) is 51.0 Å². The van der Waals surface area contributed by atoms with Crippen LogP contribution in [0.15, 0.2) is 0 Å². The van der Waals surface area contributed by atoms with E-state index in [1.165, 1.54) is 25.7 Å². The van der Waals surface area contributed by atoms with Crippen LogP contribution in [0, 0.1) is 5.92 Å². The van der Waals surface area contributed by atoms with Gasteiger partial charge in [0.05, 0.1) is 0 Å². The molecule has 1 heterocycles. The van der Waals surface area contributed by atoms with Gasteiger partial charge in [0.25, 0.3) is 0 Å². The smallest absolute Gasteiger partial charge is 0.303 e. The molecule has 0 radical (unpaired) electrons. The summed E-state index contributed by atoms with van der Waals surface area (Å²) in [6, 6.07) is 0.816. The number of hydrogen-bond acceptors (Lipinski definition) is 2. The minimum Gasteiger partial charge on any atom is -0.481 e. The summed E-state index contributed by atoms with van der Waals surface area (Å²) in [5, 5.41) is 8.73. The van der Waals surface area contributed by atoms with E-state index in [-0.39, 0.29) is 0 Å². The Kier molecular flexibility index (Phi) is 3.62. The number of likely N-dealkylation sites (tertiary alicyclic amines) is 1. The van der Waals surface area contributed by atoms with Crippen molar-refractivity contribution in [1.82, 2.24) is 4.90 Å². The van der Waals surface area contributed by atoms with Crippen molar-refractivity contribution >= 4 is 5.97 Å². The first kappa shape index (κ1) is 10.9. The zero-order chi connectivity index (χ0) is 10.7. The van der Waals surface area contributed by atoms with E-state index in [4.69, 9.17) is 5.11 Å². The number of rotatable bonds is 3. The third-order valence-corrected chi connectivity index (χ3v) is 3.95. The van der Waals surface area contributed by atoms with Crippen LogP contribution < -0.4 is 0 Å². The second-order valence-corrected chi connectivity index (χ2v) is 5.02. The normalized spacial score (nSPS) is 25.9. The quantitative estimate of drug-likeness (QED) is 0.777. The van der Waals surface area contributed by atoms with Crippen molar-refractivity contribution in [3.8, 4) is 0 Å².